The van der Waals surface area contributed by atoms with Gasteiger partial charge in [-0.3, -0.25) is 9.59 Å². The minimum absolute atomic E-state index is 0.0732. The zero-order chi connectivity index (χ0) is 23.5. The van der Waals surface area contributed by atoms with E-state index in [1.54, 1.807) is 30.3 Å². The maximum atomic E-state index is 12.6. The van der Waals surface area contributed by atoms with Gasteiger partial charge in [0.05, 0.1) is 15.6 Å². The smallest absolute Gasteiger partial charge is 0.322 e. The van der Waals surface area contributed by atoms with E-state index in [-0.39, 0.29) is 22.0 Å². The number of hydrogen-bond acceptors (Lipinski definition) is 4. The Morgan fingerprint density at radius 1 is 0.781 bits per heavy atom. The number of carbonyl (C=O) groups excluding carboxylic acids is 2. The van der Waals surface area contributed by atoms with Crippen molar-refractivity contribution in [3.05, 3.63) is 88.9 Å². The van der Waals surface area contributed by atoms with Gasteiger partial charge in [-0.2, -0.15) is 13.2 Å². The number of sulfone groups is 1. The number of carbonyl (C=O) groups is 2. The van der Waals surface area contributed by atoms with Crippen LogP contribution in [0, 0.1) is 0 Å². The van der Waals surface area contributed by atoms with E-state index in [0.717, 1.165) is 12.1 Å². The van der Waals surface area contributed by atoms with Gasteiger partial charge in [-0.15, -0.1) is 0 Å². The molecule has 6 nitrogen and oxygen atoms in total. The summed E-state index contributed by atoms with van der Waals surface area (Å²) >= 11 is 6.10. The number of amides is 2. The molecule has 0 bridgehead atoms. The molecule has 0 saturated heterocycles. The first-order valence-electron chi connectivity index (χ1n) is 8.88. The van der Waals surface area contributed by atoms with Gasteiger partial charge in [0.15, 0.2) is 0 Å². The van der Waals surface area contributed by atoms with E-state index in [9.17, 15) is 31.2 Å². The maximum absolute atomic E-state index is 12.6. The molecular formula is C21H14ClF3N2O4S. The van der Waals surface area contributed by atoms with Gasteiger partial charge in [-0.1, -0.05) is 29.8 Å². The van der Waals surface area contributed by atoms with Crippen LogP contribution in [0.3, 0.4) is 0 Å². The molecule has 3 rings (SSSR count). The second kappa shape index (κ2) is 9.01. The lowest BCUT2D eigenvalue weighted by atomic mass is 10.2. The molecule has 3 aromatic rings. The Bertz CT molecular complexity index is 1260. The van der Waals surface area contributed by atoms with E-state index in [0.29, 0.717) is 17.7 Å². The summed E-state index contributed by atoms with van der Waals surface area (Å²) in [5.41, 5.74) is -4.65. The predicted octanol–water partition coefficient (Wildman–Crippen LogP) is 5.14. The van der Waals surface area contributed by atoms with Crippen LogP contribution in [0.5, 0.6) is 0 Å². The van der Waals surface area contributed by atoms with Crippen molar-refractivity contribution in [3.8, 4) is 0 Å². The lowest BCUT2D eigenvalue weighted by Crippen LogP contribution is -2.23. The first-order valence-corrected chi connectivity index (χ1v) is 10.7. The molecule has 0 atom stereocenters. The van der Waals surface area contributed by atoms with Crippen LogP contribution in [0.4, 0.5) is 24.5 Å². The largest absolute Gasteiger partial charge is 0.501 e. The van der Waals surface area contributed by atoms with Crippen molar-refractivity contribution in [2.45, 2.75) is 10.4 Å². The molecule has 0 heterocycles. The van der Waals surface area contributed by atoms with Gasteiger partial charge in [0.25, 0.3) is 21.7 Å². The van der Waals surface area contributed by atoms with Gasteiger partial charge in [-0.05, 0) is 54.6 Å². The average molecular weight is 483 g/mol. The fraction of sp³-hybridized carbons (Fsp3) is 0.0476. The van der Waals surface area contributed by atoms with Gasteiger partial charge in [0, 0.05) is 16.8 Å². The number of alkyl halides is 3. The summed E-state index contributed by atoms with van der Waals surface area (Å²) in [6.07, 6.45) is 0. The fourth-order valence-electron chi connectivity index (χ4n) is 2.61. The molecule has 11 heteroatoms. The molecule has 2 amide bonds. The third-order valence-corrected chi connectivity index (χ3v) is 6.07. The van der Waals surface area contributed by atoms with Gasteiger partial charge in [0.2, 0.25) is 0 Å². The van der Waals surface area contributed by atoms with E-state index >= 15 is 0 Å². The number of rotatable bonds is 5. The quantitative estimate of drug-likeness (QED) is 0.527. The molecule has 0 radical (unpaired) electrons. The maximum Gasteiger partial charge on any atom is 0.501 e. The van der Waals surface area contributed by atoms with Crippen molar-refractivity contribution in [2.75, 3.05) is 10.6 Å². The van der Waals surface area contributed by atoms with E-state index < -0.39 is 32.1 Å². The van der Waals surface area contributed by atoms with E-state index in [4.69, 9.17) is 11.6 Å². The minimum Gasteiger partial charge on any atom is -0.322 e. The number of hydrogen-bond donors (Lipinski definition) is 2. The van der Waals surface area contributed by atoms with E-state index in [1.165, 1.54) is 18.2 Å². The van der Waals surface area contributed by atoms with E-state index in [2.05, 4.69) is 10.6 Å². The highest BCUT2D eigenvalue weighted by molar-refractivity contribution is 7.92. The molecule has 2 N–H and O–H groups in total. The first-order chi connectivity index (χ1) is 15.0. The van der Waals surface area contributed by atoms with Crippen LogP contribution in [0.15, 0.2) is 77.7 Å². The molecule has 0 unspecified atom stereocenters. The van der Waals surface area contributed by atoms with Crippen LogP contribution in [0.2, 0.25) is 5.02 Å². The van der Waals surface area contributed by atoms with Gasteiger partial charge in [0.1, 0.15) is 0 Å². The number of benzene rings is 3. The monoisotopic (exact) mass is 482 g/mol. The Labute approximate surface area is 185 Å². The summed E-state index contributed by atoms with van der Waals surface area (Å²) in [4.78, 5) is 23.8. The summed E-state index contributed by atoms with van der Waals surface area (Å²) in [6, 6.07) is 16.0. The molecule has 0 aliphatic rings. The highest BCUT2D eigenvalue weighted by Gasteiger charge is 2.46. The molecule has 0 spiro atoms. The fourth-order valence-corrected chi connectivity index (χ4v) is 3.53. The van der Waals surface area contributed by atoms with Crippen LogP contribution in [0.25, 0.3) is 0 Å². The number of halogens is 4. The highest BCUT2D eigenvalue weighted by atomic mass is 35.5. The third-order valence-electron chi connectivity index (χ3n) is 4.24. The standard InChI is InChI=1S/C21H14ClF3N2O4S/c22-17-11-8-15(12-18(17)27-20(29)13-4-2-1-3-5-13)26-19(28)14-6-9-16(10-7-14)32(30,31)21(23,24)25/h1-12H,(H,26,28)(H,27,29). The molecule has 3 aromatic carbocycles. The van der Waals surface area contributed by atoms with Crippen LogP contribution in [-0.4, -0.2) is 25.7 Å². The lowest BCUT2D eigenvalue weighted by molar-refractivity contribution is -0.0436. The number of anilines is 2. The Balaban J connectivity index is 1.76. The molecule has 0 aliphatic heterocycles. The summed E-state index contributed by atoms with van der Waals surface area (Å²) < 4.78 is 60.7. The molecular weight excluding hydrogens is 469 g/mol. The normalized spacial score (nSPS) is 11.6. The second-order valence-corrected chi connectivity index (χ2v) is 8.79. The van der Waals surface area contributed by atoms with Gasteiger partial charge < -0.3 is 10.6 Å². The van der Waals surface area contributed by atoms with Crippen molar-refractivity contribution in [2.24, 2.45) is 0 Å². The molecule has 0 saturated carbocycles. The van der Waals surface area contributed by atoms with Crippen LogP contribution in [0.1, 0.15) is 20.7 Å². The second-order valence-electron chi connectivity index (χ2n) is 6.44. The third kappa shape index (κ3) is 5.09. The zero-order valence-corrected chi connectivity index (χ0v) is 17.6. The molecule has 166 valence electrons. The zero-order valence-electron chi connectivity index (χ0n) is 16.0. The van der Waals surface area contributed by atoms with Crippen LogP contribution < -0.4 is 10.6 Å². The van der Waals surface area contributed by atoms with Crippen LogP contribution >= 0.6 is 11.6 Å². The van der Waals surface area contributed by atoms with Crippen molar-refractivity contribution >= 4 is 44.6 Å². The Hall–Kier alpha value is -3.37. The van der Waals surface area contributed by atoms with Crippen molar-refractivity contribution in [3.63, 3.8) is 0 Å². The SMILES string of the molecule is O=C(Nc1ccc(Cl)c(NC(=O)c2ccccc2)c1)c1ccc(S(=O)(=O)C(F)(F)F)cc1. The molecule has 0 aliphatic carbocycles. The molecule has 32 heavy (non-hydrogen) atoms. The summed E-state index contributed by atoms with van der Waals surface area (Å²) in [5, 5.41) is 5.35. The highest BCUT2D eigenvalue weighted by Crippen LogP contribution is 2.30. The van der Waals surface area contributed by atoms with Gasteiger partial charge >= 0.3 is 5.51 Å². The first kappa shape index (κ1) is 23.3. The topological polar surface area (TPSA) is 92.3 Å². The van der Waals surface area contributed by atoms with Crippen molar-refractivity contribution < 1.29 is 31.2 Å². The Morgan fingerprint density at radius 2 is 1.34 bits per heavy atom. The number of nitrogens with one attached hydrogen (secondary N) is 2. The minimum atomic E-state index is -5.51. The Kier molecular flexibility index (Phi) is 6.56. The van der Waals surface area contributed by atoms with E-state index in [1.807, 2.05) is 0 Å². The lowest BCUT2D eigenvalue weighted by Gasteiger charge is -2.11. The predicted molar refractivity (Wildman–Crippen MR) is 113 cm³/mol. The summed E-state index contributed by atoms with van der Waals surface area (Å²) in [6.45, 7) is 0. The molecule has 0 fully saturated rings. The van der Waals surface area contributed by atoms with Crippen molar-refractivity contribution in [1.29, 1.82) is 0 Å². The Morgan fingerprint density at radius 3 is 1.94 bits per heavy atom. The van der Waals surface area contributed by atoms with Gasteiger partial charge in [-0.25, -0.2) is 8.42 Å². The summed E-state index contributed by atoms with van der Waals surface area (Å²) in [7, 11) is -5.51. The summed E-state index contributed by atoms with van der Waals surface area (Å²) in [5.74, 6) is -1.12. The van der Waals surface area contributed by atoms with Crippen molar-refractivity contribution in [1.82, 2.24) is 0 Å². The van der Waals surface area contributed by atoms with Crippen LogP contribution in [-0.2, 0) is 9.84 Å². The average Bonchev–Trinajstić information content (AvgIpc) is 2.76. The molecule has 0 aromatic heterocycles.